The van der Waals surface area contributed by atoms with Crippen LogP contribution in [-0.4, -0.2) is 28.7 Å². The molecule has 0 bridgehead atoms. The van der Waals surface area contributed by atoms with Crippen LogP contribution in [-0.2, 0) is 6.54 Å². The lowest BCUT2D eigenvalue weighted by atomic mass is 9.92. The Bertz CT molecular complexity index is 886. The van der Waals surface area contributed by atoms with E-state index in [1.54, 1.807) is 0 Å². The smallest absolute Gasteiger partial charge is 0.537 e. The number of hydrogen-bond donors (Lipinski definition) is 1. The average molecular weight is 316 g/mol. The van der Waals surface area contributed by atoms with Gasteiger partial charge in [-0.2, -0.15) is 4.58 Å². The largest absolute Gasteiger partial charge is 0.569 e. The summed E-state index contributed by atoms with van der Waals surface area (Å²) in [6.45, 7) is 2.76. The van der Waals surface area contributed by atoms with Crippen LogP contribution in [0.15, 0.2) is 65.8 Å². The van der Waals surface area contributed by atoms with Crippen molar-refractivity contribution in [3.8, 4) is 5.75 Å². The first-order chi connectivity index (χ1) is 11.8. The van der Waals surface area contributed by atoms with E-state index in [1.807, 2.05) is 30.3 Å². The number of para-hydroxylation sites is 2. The van der Waals surface area contributed by atoms with E-state index >= 15 is 0 Å². The Hall–Kier alpha value is -2.66. The third kappa shape index (κ3) is 2.47. The first-order valence-corrected chi connectivity index (χ1v) is 7.95. The first kappa shape index (κ1) is 14.9. The molecule has 4 nitrogen and oxygen atoms in total. The fraction of sp³-hybridized carbons (Fsp3) is 0.158. The molecule has 0 spiro atoms. The van der Waals surface area contributed by atoms with Crippen molar-refractivity contribution < 1.29 is 14.3 Å². The van der Waals surface area contributed by atoms with Crippen molar-refractivity contribution in [3.05, 3.63) is 71.9 Å². The number of allylic oxidation sites excluding steroid dienone is 1. The van der Waals surface area contributed by atoms with Gasteiger partial charge in [-0.3, -0.25) is 0 Å². The van der Waals surface area contributed by atoms with E-state index in [-0.39, 0.29) is 5.92 Å². The maximum atomic E-state index is 8.93. The quantitative estimate of drug-likeness (QED) is 0.696. The van der Waals surface area contributed by atoms with Gasteiger partial charge in [0.15, 0.2) is 12.7 Å². The Morgan fingerprint density at radius 3 is 2.83 bits per heavy atom. The van der Waals surface area contributed by atoms with E-state index in [2.05, 4.69) is 42.0 Å². The number of hydrogen-bond acceptors (Lipinski definition) is 3. The number of benzene rings is 2. The lowest BCUT2D eigenvalue weighted by molar-refractivity contribution is -0.474. The topological polar surface area (TPSA) is 44.8 Å². The Balaban J connectivity index is 1.67. The lowest BCUT2D eigenvalue weighted by Gasteiger charge is -2.15. The number of rotatable bonds is 4. The van der Waals surface area contributed by atoms with E-state index in [9.17, 15) is 0 Å². The molecule has 117 valence electrons. The predicted molar refractivity (Wildman–Crippen MR) is 95.1 cm³/mol. The molecule has 1 unspecified atom stereocenters. The molecule has 0 aromatic heterocycles. The van der Waals surface area contributed by atoms with Crippen LogP contribution in [0.4, 0.5) is 5.69 Å². The standard InChI is InChI=1S/C19H17BN2O2/c1-13-19-16(15-7-3-4-8-17(15)21-19)10-11-22(13)12-14-6-2-5-9-18(14)24-20-23/h2-11,16,23H,12H2,1H3/q+1. The minimum Gasteiger partial charge on any atom is -0.537 e. The van der Waals surface area contributed by atoms with Crippen molar-refractivity contribution in [2.45, 2.75) is 19.4 Å². The molecule has 0 saturated carbocycles. The maximum Gasteiger partial charge on any atom is 0.569 e. The zero-order valence-corrected chi connectivity index (χ0v) is 13.4. The monoisotopic (exact) mass is 316 g/mol. The van der Waals surface area contributed by atoms with E-state index < -0.39 is 0 Å². The highest BCUT2D eigenvalue weighted by atomic mass is 16.5. The molecule has 0 amide bonds. The summed E-state index contributed by atoms with van der Waals surface area (Å²) in [7, 11) is 0.717. The Morgan fingerprint density at radius 1 is 1.17 bits per heavy atom. The van der Waals surface area contributed by atoms with Crippen LogP contribution in [0, 0.1) is 0 Å². The van der Waals surface area contributed by atoms with Crippen LogP contribution in [0.1, 0.15) is 24.0 Å². The number of nitrogens with zero attached hydrogens (tertiary/aromatic N) is 2. The van der Waals surface area contributed by atoms with Crippen LogP contribution in [0.5, 0.6) is 5.75 Å². The van der Waals surface area contributed by atoms with Crippen molar-refractivity contribution in [2.75, 3.05) is 0 Å². The Labute approximate surface area is 141 Å². The molecule has 4 rings (SSSR count). The van der Waals surface area contributed by atoms with Crippen molar-refractivity contribution in [1.82, 2.24) is 0 Å². The predicted octanol–water partition coefficient (Wildman–Crippen LogP) is 2.96. The zero-order valence-electron chi connectivity index (χ0n) is 13.4. The summed E-state index contributed by atoms with van der Waals surface area (Å²) in [4.78, 5) is 4.81. The molecule has 0 saturated heterocycles. The fourth-order valence-electron chi connectivity index (χ4n) is 3.31. The van der Waals surface area contributed by atoms with Crippen LogP contribution < -0.4 is 4.65 Å². The second-order valence-corrected chi connectivity index (χ2v) is 5.92. The van der Waals surface area contributed by atoms with Gasteiger partial charge in [0.1, 0.15) is 11.5 Å². The molecule has 24 heavy (non-hydrogen) atoms. The SMILES string of the molecule is CC1=[N+](Cc2ccccc2O[B]O)C=CC2C1=Nc1ccccc12. The van der Waals surface area contributed by atoms with Gasteiger partial charge in [-0.05, 0) is 29.8 Å². The normalized spacial score (nSPS) is 18.1. The molecule has 2 aliphatic rings. The first-order valence-electron chi connectivity index (χ1n) is 7.95. The number of aliphatic imine (C=N–C) groups is 1. The van der Waals surface area contributed by atoms with Crippen LogP contribution in [0.25, 0.3) is 0 Å². The van der Waals surface area contributed by atoms with Gasteiger partial charge in [0.05, 0.1) is 17.2 Å². The van der Waals surface area contributed by atoms with Crippen LogP contribution in [0.2, 0.25) is 0 Å². The molecule has 1 atom stereocenters. The van der Waals surface area contributed by atoms with Crippen LogP contribution >= 0.6 is 0 Å². The average Bonchev–Trinajstić information content (AvgIpc) is 2.99. The van der Waals surface area contributed by atoms with Crippen LogP contribution in [0.3, 0.4) is 0 Å². The summed E-state index contributed by atoms with van der Waals surface area (Å²) in [6.07, 6.45) is 4.31. The highest BCUT2D eigenvalue weighted by Crippen LogP contribution is 2.37. The van der Waals surface area contributed by atoms with Gasteiger partial charge >= 0.3 is 7.69 Å². The summed E-state index contributed by atoms with van der Waals surface area (Å²) < 4.78 is 7.36. The van der Waals surface area contributed by atoms with Gasteiger partial charge < -0.3 is 9.68 Å². The summed E-state index contributed by atoms with van der Waals surface area (Å²) in [5.74, 6) is 0.898. The van der Waals surface area contributed by atoms with Gasteiger partial charge in [-0.25, -0.2) is 4.99 Å². The van der Waals surface area contributed by atoms with Crippen molar-refractivity contribution >= 4 is 24.8 Å². The summed E-state index contributed by atoms with van der Waals surface area (Å²) in [6, 6.07) is 16.0. The molecule has 5 heteroatoms. The second-order valence-electron chi connectivity index (χ2n) is 5.92. The van der Waals surface area contributed by atoms with Gasteiger partial charge in [-0.1, -0.05) is 30.3 Å². The third-order valence-electron chi connectivity index (χ3n) is 4.56. The van der Waals surface area contributed by atoms with Crippen molar-refractivity contribution in [3.63, 3.8) is 0 Å². The molecule has 0 aliphatic carbocycles. The second kappa shape index (κ2) is 6.09. The zero-order chi connectivity index (χ0) is 16.5. The summed E-state index contributed by atoms with van der Waals surface area (Å²) >= 11 is 0. The Kier molecular flexibility index (Phi) is 3.79. The Morgan fingerprint density at radius 2 is 1.96 bits per heavy atom. The molecule has 1 radical (unpaired) electrons. The molecule has 2 aliphatic heterocycles. The highest BCUT2D eigenvalue weighted by Gasteiger charge is 2.34. The van der Waals surface area contributed by atoms with Gasteiger partial charge in [-0.15, -0.1) is 0 Å². The molecule has 2 aromatic rings. The van der Waals surface area contributed by atoms with E-state index in [1.165, 1.54) is 5.56 Å². The summed E-state index contributed by atoms with van der Waals surface area (Å²) in [5, 5.41) is 8.93. The van der Waals surface area contributed by atoms with Gasteiger partial charge in [0.25, 0.3) is 0 Å². The third-order valence-corrected chi connectivity index (χ3v) is 4.56. The van der Waals surface area contributed by atoms with E-state index in [4.69, 9.17) is 14.7 Å². The fourth-order valence-corrected chi connectivity index (χ4v) is 3.31. The maximum absolute atomic E-state index is 8.93. The highest BCUT2D eigenvalue weighted by molar-refractivity contribution is 6.44. The lowest BCUT2D eigenvalue weighted by Crippen LogP contribution is -2.28. The molecule has 0 fully saturated rings. The number of fused-ring (bicyclic) bond motifs is 3. The van der Waals surface area contributed by atoms with E-state index in [0.717, 1.165) is 30.4 Å². The molecule has 2 heterocycles. The molecule has 1 N–H and O–H groups in total. The minimum absolute atomic E-state index is 0.245. The minimum atomic E-state index is 0.245. The molecular formula is C19H17BN2O2+. The molecular weight excluding hydrogens is 299 g/mol. The summed E-state index contributed by atoms with van der Waals surface area (Å²) in [5.41, 5.74) is 5.57. The molecule has 2 aromatic carbocycles. The van der Waals surface area contributed by atoms with Crippen molar-refractivity contribution in [1.29, 1.82) is 0 Å². The van der Waals surface area contributed by atoms with Crippen molar-refractivity contribution in [2.24, 2.45) is 4.99 Å². The van der Waals surface area contributed by atoms with Gasteiger partial charge in [0.2, 0.25) is 5.71 Å². The van der Waals surface area contributed by atoms with Gasteiger partial charge in [0, 0.05) is 6.92 Å². The van der Waals surface area contributed by atoms with E-state index in [0.29, 0.717) is 12.3 Å².